The van der Waals surface area contributed by atoms with Crippen LogP contribution in [0.2, 0.25) is 0 Å². The van der Waals surface area contributed by atoms with Gasteiger partial charge in [-0.15, -0.1) is 0 Å². The average molecular weight is 295 g/mol. The maximum absolute atomic E-state index is 5.73. The molecule has 0 radical (unpaired) electrons. The minimum atomic E-state index is 0.792. The third kappa shape index (κ3) is 1.84. The number of methoxy groups -OCH3 is 1. The Morgan fingerprint density at radius 3 is 2.95 bits per heavy atom. The summed E-state index contributed by atoms with van der Waals surface area (Å²) in [6.07, 6.45) is 3.10. The lowest BCUT2D eigenvalue weighted by Gasteiger charge is -2.09. The second-order valence-electron chi connectivity index (χ2n) is 5.38. The first kappa shape index (κ1) is 13.1. The van der Waals surface area contributed by atoms with Crippen LogP contribution in [0.5, 0.6) is 5.75 Å². The van der Waals surface area contributed by atoms with E-state index < -0.39 is 0 Å². The minimum Gasteiger partial charge on any atom is -0.496 e. The fourth-order valence-corrected chi connectivity index (χ4v) is 3.12. The van der Waals surface area contributed by atoms with Crippen molar-refractivity contribution in [1.82, 2.24) is 14.6 Å². The van der Waals surface area contributed by atoms with E-state index in [2.05, 4.69) is 10.5 Å². The van der Waals surface area contributed by atoms with Gasteiger partial charge in [0.25, 0.3) is 0 Å². The predicted octanol–water partition coefficient (Wildman–Crippen LogP) is 2.18. The number of ether oxygens (including phenoxy) is 1. The first-order chi connectivity index (χ1) is 10.8. The molecule has 0 bridgehead atoms. The second kappa shape index (κ2) is 4.99. The van der Waals surface area contributed by atoms with E-state index in [-0.39, 0.29) is 0 Å². The van der Waals surface area contributed by atoms with E-state index in [9.17, 15) is 0 Å². The lowest BCUT2D eigenvalue weighted by molar-refractivity contribution is 0.416. The number of para-hydroxylation sites is 1. The third-order valence-corrected chi connectivity index (χ3v) is 4.15. The van der Waals surface area contributed by atoms with Crippen molar-refractivity contribution in [2.24, 2.45) is 5.84 Å². The van der Waals surface area contributed by atoms with Gasteiger partial charge in [0.15, 0.2) is 5.65 Å². The number of rotatable bonds is 3. The molecule has 1 aliphatic carbocycles. The molecule has 3 aromatic rings. The Morgan fingerprint density at radius 2 is 2.14 bits per heavy atom. The van der Waals surface area contributed by atoms with Crippen LogP contribution >= 0.6 is 0 Å². The zero-order valence-corrected chi connectivity index (χ0v) is 12.3. The number of hydrogen-bond donors (Lipinski definition) is 2. The zero-order valence-electron chi connectivity index (χ0n) is 12.3. The Morgan fingerprint density at radius 1 is 1.27 bits per heavy atom. The maximum atomic E-state index is 5.73. The SMILES string of the molecule is COc1ccccc1-c1cc2nc3c(c(NN)n2n1)CCC3. The van der Waals surface area contributed by atoms with E-state index in [4.69, 9.17) is 15.6 Å². The molecule has 0 atom stereocenters. The summed E-state index contributed by atoms with van der Waals surface area (Å²) in [7, 11) is 1.66. The van der Waals surface area contributed by atoms with Gasteiger partial charge in [0.05, 0.1) is 12.8 Å². The van der Waals surface area contributed by atoms with Crippen molar-refractivity contribution >= 4 is 11.5 Å². The molecular weight excluding hydrogens is 278 g/mol. The van der Waals surface area contributed by atoms with Crippen LogP contribution in [0.25, 0.3) is 16.9 Å². The van der Waals surface area contributed by atoms with Crippen molar-refractivity contribution in [1.29, 1.82) is 0 Å². The molecule has 2 heterocycles. The van der Waals surface area contributed by atoms with E-state index in [0.29, 0.717) is 0 Å². The lowest BCUT2D eigenvalue weighted by atomic mass is 10.1. The van der Waals surface area contributed by atoms with Gasteiger partial charge >= 0.3 is 0 Å². The largest absolute Gasteiger partial charge is 0.496 e. The van der Waals surface area contributed by atoms with Crippen LogP contribution in [0.3, 0.4) is 0 Å². The first-order valence-corrected chi connectivity index (χ1v) is 7.33. The predicted molar refractivity (Wildman–Crippen MR) is 84.8 cm³/mol. The van der Waals surface area contributed by atoms with Crippen molar-refractivity contribution in [3.8, 4) is 17.0 Å². The smallest absolute Gasteiger partial charge is 0.158 e. The molecule has 2 aromatic heterocycles. The first-order valence-electron chi connectivity index (χ1n) is 7.33. The summed E-state index contributed by atoms with van der Waals surface area (Å²) < 4.78 is 7.21. The fourth-order valence-electron chi connectivity index (χ4n) is 3.12. The van der Waals surface area contributed by atoms with Gasteiger partial charge in [0, 0.05) is 22.9 Å². The molecule has 112 valence electrons. The summed E-state index contributed by atoms with van der Waals surface area (Å²) in [6, 6.07) is 9.80. The summed E-state index contributed by atoms with van der Waals surface area (Å²) >= 11 is 0. The molecule has 0 saturated heterocycles. The van der Waals surface area contributed by atoms with Crippen LogP contribution in [0.4, 0.5) is 5.82 Å². The number of hydrazine groups is 1. The zero-order chi connectivity index (χ0) is 15.1. The van der Waals surface area contributed by atoms with Crippen LogP contribution in [-0.2, 0) is 12.8 Å². The van der Waals surface area contributed by atoms with Gasteiger partial charge in [-0.25, -0.2) is 10.8 Å². The van der Waals surface area contributed by atoms with Gasteiger partial charge in [-0.2, -0.15) is 9.61 Å². The normalized spacial score (nSPS) is 13.4. The molecule has 6 heteroatoms. The van der Waals surface area contributed by atoms with Crippen LogP contribution in [-0.4, -0.2) is 21.7 Å². The van der Waals surface area contributed by atoms with Crippen molar-refractivity contribution < 1.29 is 4.74 Å². The number of benzene rings is 1. The Kier molecular flexibility index (Phi) is 2.97. The molecule has 0 saturated carbocycles. The number of anilines is 1. The minimum absolute atomic E-state index is 0.792. The number of hydrogen-bond acceptors (Lipinski definition) is 5. The summed E-state index contributed by atoms with van der Waals surface area (Å²) in [5.41, 5.74) is 7.65. The molecular formula is C16H17N5O. The van der Waals surface area contributed by atoms with Crippen LogP contribution < -0.4 is 16.0 Å². The average Bonchev–Trinajstić information content (AvgIpc) is 3.18. The van der Waals surface area contributed by atoms with Crippen LogP contribution in [0, 0.1) is 0 Å². The molecule has 0 amide bonds. The quantitative estimate of drug-likeness (QED) is 0.572. The third-order valence-electron chi connectivity index (χ3n) is 4.15. The Bertz CT molecular complexity index is 855. The number of aryl methyl sites for hydroxylation is 1. The van der Waals surface area contributed by atoms with Crippen molar-refractivity contribution in [2.45, 2.75) is 19.3 Å². The number of nitrogen functional groups attached to an aromatic ring is 1. The van der Waals surface area contributed by atoms with Gasteiger partial charge in [-0.3, -0.25) is 0 Å². The van der Waals surface area contributed by atoms with E-state index in [1.54, 1.807) is 11.6 Å². The molecule has 0 fully saturated rings. The molecule has 6 nitrogen and oxygen atoms in total. The van der Waals surface area contributed by atoms with Crippen molar-refractivity contribution in [3.05, 3.63) is 41.6 Å². The van der Waals surface area contributed by atoms with Gasteiger partial charge in [-0.1, -0.05) is 12.1 Å². The highest BCUT2D eigenvalue weighted by Gasteiger charge is 2.21. The number of fused-ring (bicyclic) bond motifs is 2. The van der Waals surface area contributed by atoms with Gasteiger partial charge < -0.3 is 10.2 Å². The van der Waals surface area contributed by atoms with E-state index in [1.165, 1.54) is 5.56 Å². The van der Waals surface area contributed by atoms with E-state index in [1.807, 2.05) is 30.3 Å². The highest BCUT2D eigenvalue weighted by atomic mass is 16.5. The van der Waals surface area contributed by atoms with Crippen LogP contribution in [0.15, 0.2) is 30.3 Å². The van der Waals surface area contributed by atoms with Gasteiger partial charge in [-0.05, 0) is 31.4 Å². The fraction of sp³-hybridized carbons (Fsp3) is 0.250. The monoisotopic (exact) mass is 295 g/mol. The summed E-state index contributed by atoms with van der Waals surface area (Å²) in [6.45, 7) is 0. The molecule has 4 rings (SSSR count). The Hall–Kier alpha value is -2.60. The summed E-state index contributed by atoms with van der Waals surface area (Å²) in [5.74, 6) is 7.35. The van der Waals surface area contributed by atoms with Crippen LogP contribution in [0.1, 0.15) is 17.7 Å². The van der Waals surface area contributed by atoms with Gasteiger partial charge in [0.2, 0.25) is 0 Å². The highest BCUT2D eigenvalue weighted by Crippen LogP contribution is 2.32. The number of nitrogens with one attached hydrogen (secondary N) is 1. The number of nitrogens with zero attached hydrogens (tertiary/aromatic N) is 3. The molecule has 0 unspecified atom stereocenters. The highest BCUT2D eigenvalue weighted by molar-refractivity contribution is 5.71. The maximum Gasteiger partial charge on any atom is 0.158 e. The molecule has 0 spiro atoms. The number of aromatic nitrogens is 3. The lowest BCUT2D eigenvalue weighted by Crippen LogP contribution is -2.15. The molecule has 1 aromatic carbocycles. The number of nitrogens with two attached hydrogens (primary N) is 1. The molecule has 22 heavy (non-hydrogen) atoms. The van der Waals surface area contributed by atoms with E-state index >= 15 is 0 Å². The Balaban J connectivity index is 1.95. The molecule has 1 aliphatic rings. The van der Waals surface area contributed by atoms with Crippen molar-refractivity contribution in [3.63, 3.8) is 0 Å². The van der Waals surface area contributed by atoms with Crippen molar-refractivity contribution in [2.75, 3.05) is 12.5 Å². The molecule has 0 aliphatic heterocycles. The molecule has 3 N–H and O–H groups in total. The summed E-state index contributed by atoms with van der Waals surface area (Å²) in [4.78, 5) is 4.73. The van der Waals surface area contributed by atoms with E-state index in [0.717, 1.165) is 53.4 Å². The topological polar surface area (TPSA) is 77.5 Å². The van der Waals surface area contributed by atoms with Gasteiger partial charge in [0.1, 0.15) is 11.6 Å². The standard InChI is InChI=1S/C16H17N5O/c1-22-14-8-3-2-5-10(14)13-9-15-18-12-7-4-6-11(12)16(19-17)21(15)20-13/h2-3,5,8-9,19H,4,6-7,17H2,1H3. The summed E-state index contributed by atoms with van der Waals surface area (Å²) in [5, 5.41) is 4.67. The Labute approximate surface area is 127 Å². The second-order valence-corrected chi connectivity index (χ2v) is 5.38.